The van der Waals surface area contributed by atoms with Gasteiger partial charge in [0.25, 0.3) is 0 Å². The fourth-order valence-electron chi connectivity index (χ4n) is 1.44. The van der Waals surface area contributed by atoms with Crippen molar-refractivity contribution in [2.45, 2.75) is 12.6 Å². The zero-order chi connectivity index (χ0) is 16.6. The molecule has 0 atom stereocenters. The van der Waals surface area contributed by atoms with E-state index in [0.29, 0.717) is 10.6 Å². The lowest BCUT2D eigenvalue weighted by Gasteiger charge is -2.07. The summed E-state index contributed by atoms with van der Waals surface area (Å²) in [6, 6.07) is 6.95. The normalized spacial score (nSPS) is 11.5. The third-order valence-electron chi connectivity index (χ3n) is 2.52. The van der Waals surface area contributed by atoms with Crippen molar-refractivity contribution in [2.24, 2.45) is 0 Å². The maximum Gasteiger partial charge on any atom is 0.471 e. The summed E-state index contributed by atoms with van der Waals surface area (Å²) >= 11 is 5.90. The number of hydrogen-bond donors (Lipinski definition) is 2. The van der Waals surface area contributed by atoms with Crippen LogP contribution in [-0.2, 0) is 9.59 Å². The molecular weight excluding hydrogens is 321 g/mol. The van der Waals surface area contributed by atoms with E-state index in [1.807, 2.05) is 0 Å². The number of benzene rings is 1. The van der Waals surface area contributed by atoms with E-state index in [1.165, 1.54) is 12.2 Å². The van der Waals surface area contributed by atoms with E-state index >= 15 is 0 Å². The van der Waals surface area contributed by atoms with Crippen LogP contribution < -0.4 is 10.6 Å². The Balaban J connectivity index is 2.24. The molecule has 0 unspecified atom stereocenters. The predicted octanol–water partition coefficient (Wildman–Crippen LogP) is 2.54. The minimum atomic E-state index is -4.89. The highest BCUT2D eigenvalue weighted by Gasteiger charge is 2.38. The molecule has 0 spiro atoms. The second kappa shape index (κ2) is 8.43. The molecule has 1 rings (SSSR count). The first-order valence-corrected chi connectivity index (χ1v) is 6.74. The van der Waals surface area contributed by atoms with Crippen molar-refractivity contribution >= 4 is 29.5 Å². The summed E-state index contributed by atoms with van der Waals surface area (Å²) in [4.78, 5) is 22.0. The van der Waals surface area contributed by atoms with Gasteiger partial charge in [0.15, 0.2) is 0 Å². The Morgan fingerprint density at radius 2 is 1.77 bits per heavy atom. The first-order valence-electron chi connectivity index (χ1n) is 6.36. The van der Waals surface area contributed by atoms with Gasteiger partial charge in [-0.05, 0) is 24.1 Å². The molecule has 0 heterocycles. The van der Waals surface area contributed by atoms with Crippen molar-refractivity contribution < 1.29 is 22.8 Å². The van der Waals surface area contributed by atoms with E-state index in [4.69, 9.17) is 11.6 Å². The highest BCUT2D eigenvalue weighted by molar-refractivity contribution is 6.32. The fraction of sp³-hybridized carbons (Fsp3) is 0.286. The first-order chi connectivity index (χ1) is 10.3. The number of amides is 2. The Morgan fingerprint density at radius 1 is 1.14 bits per heavy atom. The molecule has 0 radical (unpaired) electrons. The van der Waals surface area contributed by atoms with Gasteiger partial charge in [-0.1, -0.05) is 29.8 Å². The van der Waals surface area contributed by atoms with Gasteiger partial charge in [-0.2, -0.15) is 13.2 Å². The molecule has 1 aromatic rings. The van der Waals surface area contributed by atoms with Gasteiger partial charge in [0.2, 0.25) is 5.91 Å². The molecule has 0 aliphatic heterocycles. The van der Waals surface area contributed by atoms with Crippen LogP contribution in [0.4, 0.5) is 13.2 Å². The molecule has 0 aliphatic rings. The molecule has 0 aromatic heterocycles. The lowest BCUT2D eigenvalue weighted by molar-refractivity contribution is -0.173. The number of carbonyl (C=O) groups is 2. The van der Waals surface area contributed by atoms with E-state index in [-0.39, 0.29) is 19.5 Å². The summed E-state index contributed by atoms with van der Waals surface area (Å²) in [5.74, 6) is -2.39. The molecule has 0 bridgehead atoms. The zero-order valence-corrected chi connectivity index (χ0v) is 12.2. The smallest absolute Gasteiger partial charge is 0.352 e. The molecule has 2 N–H and O–H groups in total. The van der Waals surface area contributed by atoms with Gasteiger partial charge in [-0.25, -0.2) is 0 Å². The maximum atomic E-state index is 11.9. The average Bonchev–Trinajstić information content (AvgIpc) is 2.44. The van der Waals surface area contributed by atoms with Crippen molar-refractivity contribution in [1.29, 1.82) is 0 Å². The number of alkyl halides is 3. The second-order valence-electron chi connectivity index (χ2n) is 4.25. The maximum absolute atomic E-state index is 11.9. The number of carbonyl (C=O) groups excluding carboxylic acids is 2. The summed E-state index contributed by atoms with van der Waals surface area (Å²) in [6.45, 7) is -0.0311. The monoisotopic (exact) mass is 334 g/mol. The van der Waals surface area contributed by atoms with Gasteiger partial charge < -0.3 is 10.6 Å². The van der Waals surface area contributed by atoms with Gasteiger partial charge in [0.1, 0.15) is 0 Å². The lowest BCUT2D eigenvalue weighted by atomic mass is 10.2. The molecule has 0 fully saturated rings. The van der Waals surface area contributed by atoms with Crippen LogP contribution in [0.15, 0.2) is 30.3 Å². The molecule has 8 heteroatoms. The van der Waals surface area contributed by atoms with Crippen LogP contribution in [0.1, 0.15) is 12.0 Å². The van der Waals surface area contributed by atoms with E-state index < -0.39 is 18.0 Å². The van der Waals surface area contributed by atoms with Gasteiger partial charge in [0, 0.05) is 24.2 Å². The SMILES string of the molecule is O=C(/C=C/c1ccccc1Cl)NCCCNC(=O)C(F)(F)F. The zero-order valence-electron chi connectivity index (χ0n) is 11.4. The van der Waals surface area contributed by atoms with Crippen molar-refractivity contribution in [3.05, 3.63) is 40.9 Å². The van der Waals surface area contributed by atoms with Crippen LogP contribution in [0.3, 0.4) is 0 Å². The van der Waals surface area contributed by atoms with Gasteiger partial charge in [-0.15, -0.1) is 0 Å². The van der Waals surface area contributed by atoms with Gasteiger partial charge >= 0.3 is 12.1 Å². The van der Waals surface area contributed by atoms with E-state index in [0.717, 1.165) is 0 Å². The summed E-state index contributed by atoms with van der Waals surface area (Å²) in [7, 11) is 0. The minimum absolute atomic E-state index is 0.143. The van der Waals surface area contributed by atoms with Crippen LogP contribution >= 0.6 is 11.6 Å². The highest BCUT2D eigenvalue weighted by Crippen LogP contribution is 2.16. The van der Waals surface area contributed by atoms with Gasteiger partial charge in [-0.3, -0.25) is 9.59 Å². The van der Waals surface area contributed by atoms with Crippen LogP contribution in [0.25, 0.3) is 6.08 Å². The van der Waals surface area contributed by atoms with Crippen LogP contribution in [0.2, 0.25) is 5.02 Å². The van der Waals surface area contributed by atoms with E-state index in [9.17, 15) is 22.8 Å². The molecule has 2 amide bonds. The molecule has 1 aromatic carbocycles. The number of nitrogens with one attached hydrogen (secondary N) is 2. The summed E-state index contributed by atoms with van der Waals surface area (Å²) < 4.78 is 35.6. The van der Waals surface area contributed by atoms with Crippen molar-refractivity contribution in [1.82, 2.24) is 10.6 Å². The number of rotatable bonds is 6. The molecular formula is C14H14ClF3N2O2. The molecule has 0 saturated carbocycles. The molecule has 22 heavy (non-hydrogen) atoms. The topological polar surface area (TPSA) is 58.2 Å². The Bertz CT molecular complexity index is 559. The van der Waals surface area contributed by atoms with E-state index in [1.54, 1.807) is 29.6 Å². The first kappa shape index (κ1) is 18.0. The largest absolute Gasteiger partial charge is 0.471 e. The van der Waals surface area contributed by atoms with Crippen molar-refractivity contribution in [3.63, 3.8) is 0 Å². The number of hydrogen-bond acceptors (Lipinski definition) is 2. The van der Waals surface area contributed by atoms with Crippen LogP contribution in [0.5, 0.6) is 0 Å². The van der Waals surface area contributed by atoms with Crippen LogP contribution in [-0.4, -0.2) is 31.1 Å². The van der Waals surface area contributed by atoms with Crippen molar-refractivity contribution in [2.75, 3.05) is 13.1 Å². The number of halogens is 4. The standard InChI is InChI=1S/C14H14ClF3N2O2/c15-11-5-2-1-4-10(11)6-7-12(21)19-8-3-9-20-13(22)14(16,17)18/h1-2,4-7H,3,8-9H2,(H,19,21)(H,20,22)/b7-6+. The lowest BCUT2D eigenvalue weighted by Crippen LogP contribution is -2.38. The Hall–Kier alpha value is -2.02. The molecule has 0 saturated heterocycles. The Morgan fingerprint density at radius 3 is 2.41 bits per heavy atom. The van der Waals surface area contributed by atoms with E-state index in [2.05, 4.69) is 5.32 Å². The highest BCUT2D eigenvalue weighted by atomic mass is 35.5. The molecule has 120 valence electrons. The second-order valence-corrected chi connectivity index (χ2v) is 4.66. The summed E-state index contributed by atoms with van der Waals surface area (Å²) in [6.07, 6.45) is -1.90. The molecule has 4 nitrogen and oxygen atoms in total. The summed E-state index contributed by atoms with van der Waals surface area (Å²) in [5.41, 5.74) is 0.678. The Kier molecular flexibility index (Phi) is 6.91. The predicted molar refractivity (Wildman–Crippen MR) is 77.2 cm³/mol. The van der Waals surface area contributed by atoms with Crippen LogP contribution in [0, 0.1) is 0 Å². The van der Waals surface area contributed by atoms with Gasteiger partial charge in [0.05, 0.1) is 0 Å². The minimum Gasteiger partial charge on any atom is -0.352 e. The molecule has 0 aliphatic carbocycles. The average molecular weight is 335 g/mol. The quantitative estimate of drug-likeness (QED) is 0.620. The fourth-order valence-corrected chi connectivity index (χ4v) is 1.64. The summed E-state index contributed by atoms with van der Waals surface area (Å²) in [5, 5.41) is 4.70. The third kappa shape index (κ3) is 6.62. The van der Waals surface area contributed by atoms with Crippen molar-refractivity contribution in [3.8, 4) is 0 Å². The third-order valence-corrected chi connectivity index (χ3v) is 2.86. The Labute approximate surface area is 130 Å².